The van der Waals surface area contributed by atoms with Gasteiger partial charge < -0.3 is 14.2 Å². The number of rotatable bonds is 10. The first-order valence-corrected chi connectivity index (χ1v) is 9.45. The van der Waals surface area contributed by atoms with E-state index in [4.69, 9.17) is 21.1 Å². The molecule has 1 atom stereocenters. The lowest BCUT2D eigenvalue weighted by molar-refractivity contribution is -0.905. The molecule has 1 aliphatic rings. The molecule has 9 heteroatoms. The summed E-state index contributed by atoms with van der Waals surface area (Å²) in [4.78, 5) is 11.1. The predicted octanol–water partition coefficient (Wildman–Crippen LogP) is 4.02. The van der Waals surface area contributed by atoms with Crippen molar-refractivity contribution in [2.75, 3.05) is 6.61 Å². The summed E-state index contributed by atoms with van der Waals surface area (Å²) in [6, 6.07) is 4.44. The molecular formula is C20H21ClF2NO5+. The Morgan fingerprint density at radius 3 is 2.69 bits per heavy atom. The summed E-state index contributed by atoms with van der Waals surface area (Å²) < 4.78 is 41.7. The third kappa shape index (κ3) is 5.69. The van der Waals surface area contributed by atoms with Crippen LogP contribution in [0.1, 0.15) is 35.6 Å². The van der Waals surface area contributed by atoms with Crippen LogP contribution in [0.25, 0.3) is 0 Å². The Morgan fingerprint density at radius 1 is 1.31 bits per heavy atom. The van der Waals surface area contributed by atoms with E-state index in [2.05, 4.69) is 4.74 Å². The van der Waals surface area contributed by atoms with Gasteiger partial charge in [0.25, 0.3) is 6.47 Å². The maximum atomic E-state index is 12.7. The van der Waals surface area contributed by atoms with E-state index in [1.54, 1.807) is 6.92 Å². The highest BCUT2D eigenvalue weighted by atomic mass is 35.5. The van der Waals surface area contributed by atoms with Crippen LogP contribution in [-0.2, 0) is 16.0 Å². The third-order valence-corrected chi connectivity index (χ3v) is 5.00. The van der Waals surface area contributed by atoms with Crippen LogP contribution in [-0.4, -0.2) is 24.9 Å². The number of hydrogen-bond donors (Lipinski definition) is 1. The van der Waals surface area contributed by atoms with Gasteiger partial charge in [0.05, 0.1) is 6.61 Å². The zero-order valence-electron chi connectivity index (χ0n) is 15.7. The van der Waals surface area contributed by atoms with Crippen molar-refractivity contribution in [3.63, 3.8) is 0 Å². The average molecular weight is 429 g/mol. The molecule has 1 N–H and O–H groups in total. The lowest BCUT2D eigenvalue weighted by atomic mass is 9.99. The molecule has 0 amide bonds. The Balaban J connectivity index is 1.89. The largest absolute Gasteiger partial charge is 0.489 e. The van der Waals surface area contributed by atoms with E-state index < -0.39 is 12.7 Å². The van der Waals surface area contributed by atoms with Crippen molar-refractivity contribution in [1.29, 1.82) is 0 Å². The van der Waals surface area contributed by atoms with Crippen LogP contribution in [0.15, 0.2) is 30.6 Å². The zero-order valence-corrected chi connectivity index (χ0v) is 16.4. The Labute approximate surface area is 171 Å². The summed E-state index contributed by atoms with van der Waals surface area (Å²) in [5, 5.41) is 9.87. The van der Waals surface area contributed by atoms with Gasteiger partial charge in [0.15, 0.2) is 11.5 Å². The Hall–Kier alpha value is -2.61. The van der Waals surface area contributed by atoms with Crippen LogP contribution in [0.3, 0.4) is 0 Å². The summed E-state index contributed by atoms with van der Waals surface area (Å²) in [5.74, 6) is 0.499. The van der Waals surface area contributed by atoms with Gasteiger partial charge in [-0.2, -0.15) is 8.78 Å². The lowest BCUT2D eigenvalue weighted by Crippen LogP contribution is -2.30. The van der Waals surface area contributed by atoms with Crippen LogP contribution in [0.4, 0.5) is 8.78 Å². The van der Waals surface area contributed by atoms with E-state index >= 15 is 0 Å². The van der Waals surface area contributed by atoms with E-state index in [1.165, 1.54) is 30.6 Å². The van der Waals surface area contributed by atoms with E-state index in [1.807, 2.05) is 0 Å². The number of aryl methyl sites for hydroxylation is 1. The van der Waals surface area contributed by atoms with E-state index in [-0.39, 0.29) is 17.9 Å². The molecule has 6 nitrogen and oxygen atoms in total. The zero-order chi connectivity index (χ0) is 21.0. The Bertz CT molecular complexity index is 853. The summed E-state index contributed by atoms with van der Waals surface area (Å²) in [5.41, 5.74) is 1.92. The summed E-state index contributed by atoms with van der Waals surface area (Å²) >= 11 is 6.22. The first-order chi connectivity index (χ1) is 13.9. The molecule has 1 heterocycles. The summed E-state index contributed by atoms with van der Waals surface area (Å²) in [7, 11) is 0. The molecule has 2 aromatic rings. The standard InChI is InChI=1S/C20H21ClF2NO5/c1-12-8-24(26)9-16(21)15(12)7-18(28-11-25)14-4-5-17(29-20(22)23)19(6-14)27-10-13-2-3-13/h4-6,8-9,11,13,18,20,26H,2-3,7,10H2,1H3/q+1. The molecule has 0 bridgehead atoms. The maximum Gasteiger partial charge on any atom is 0.387 e. The minimum Gasteiger partial charge on any atom is -0.489 e. The SMILES string of the molecule is Cc1c[n+](O)cc(Cl)c1CC(OC=O)c1ccc(OC(F)F)c(OCC2CC2)c1. The molecule has 156 valence electrons. The molecule has 0 aliphatic heterocycles. The Morgan fingerprint density at radius 2 is 2.07 bits per heavy atom. The van der Waals surface area contributed by atoms with Crippen molar-refractivity contribution < 1.29 is 37.7 Å². The topological polar surface area (TPSA) is 68.9 Å². The van der Waals surface area contributed by atoms with Gasteiger partial charge >= 0.3 is 6.61 Å². The van der Waals surface area contributed by atoms with E-state index in [9.17, 15) is 18.8 Å². The predicted molar refractivity (Wildman–Crippen MR) is 98.5 cm³/mol. The number of pyridine rings is 1. The average Bonchev–Trinajstić information content (AvgIpc) is 3.47. The van der Waals surface area contributed by atoms with Crippen molar-refractivity contribution in [3.8, 4) is 11.5 Å². The fraction of sp³-hybridized carbons (Fsp3) is 0.400. The van der Waals surface area contributed by atoms with Gasteiger partial charge in [-0.1, -0.05) is 17.7 Å². The van der Waals surface area contributed by atoms with Gasteiger partial charge in [-0.15, -0.1) is 0 Å². The number of nitrogens with zero attached hydrogens (tertiary/aromatic N) is 1. The third-order valence-electron chi connectivity index (χ3n) is 4.67. The van der Waals surface area contributed by atoms with Gasteiger partial charge in [0, 0.05) is 16.7 Å². The number of carbonyl (C=O) groups is 1. The number of aromatic nitrogens is 1. The smallest absolute Gasteiger partial charge is 0.387 e. The molecule has 1 aliphatic carbocycles. The molecule has 3 rings (SSSR count). The van der Waals surface area contributed by atoms with Crippen molar-refractivity contribution in [2.45, 2.75) is 38.9 Å². The molecule has 1 aromatic heterocycles. The number of ether oxygens (including phenoxy) is 3. The van der Waals surface area contributed by atoms with E-state index in [0.29, 0.717) is 40.7 Å². The molecule has 1 fully saturated rings. The normalized spacial score (nSPS) is 14.5. The quantitative estimate of drug-likeness (QED) is 0.351. The summed E-state index contributed by atoms with van der Waals surface area (Å²) in [6.07, 6.45) is 4.37. The fourth-order valence-corrected chi connectivity index (χ4v) is 3.30. The van der Waals surface area contributed by atoms with Gasteiger partial charge in [-0.25, -0.2) is 0 Å². The number of halogens is 3. The maximum absolute atomic E-state index is 12.7. The van der Waals surface area contributed by atoms with Gasteiger partial charge in [0.2, 0.25) is 12.4 Å². The van der Waals surface area contributed by atoms with Crippen molar-refractivity contribution in [1.82, 2.24) is 0 Å². The molecule has 29 heavy (non-hydrogen) atoms. The lowest BCUT2D eigenvalue weighted by Gasteiger charge is -2.19. The second kappa shape index (κ2) is 9.26. The molecule has 1 aromatic carbocycles. The molecule has 1 saturated carbocycles. The monoisotopic (exact) mass is 428 g/mol. The van der Waals surface area contributed by atoms with Crippen LogP contribution >= 0.6 is 11.6 Å². The highest BCUT2D eigenvalue weighted by Gasteiger charge is 2.25. The first-order valence-electron chi connectivity index (χ1n) is 9.07. The molecular weight excluding hydrogens is 408 g/mol. The fourth-order valence-electron chi connectivity index (χ4n) is 2.97. The van der Waals surface area contributed by atoms with E-state index in [0.717, 1.165) is 17.6 Å². The van der Waals surface area contributed by atoms with Crippen molar-refractivity contribution in [3.05, 3.63) is 52.3 Å². The van der Waals surface area contributed by atoms with Crippen LogP contribution in [0.5, 0.6) is 11.5 Å². The number of alkyl halides is 2. The number of carbonyl (C=O) groups excluding carboxylic acids is 1. The molecule has 0 spiro atoms. The van der Waals surface area contributed by atoms with Crippen molar-refractivity contribution in [2.24, 2.45) is 5.92 Å². The van der Waals surface area contributed by atoms with Gasteiger partial charge in [0.1, 0.15) is 11.1 Å². The minimum absolute atomic E-state index is 0.0792. The van der Waals surface area contributed by atoms with Crippen molar-refractivity contribution >= 4 is 18.1 Å². The van der Waals surface area contributed by atoms with Gasteiger partial charge in [-0.05, 0) is 48.9 Å². The first kappa shape index (κ1) is 21.1. The summed E-state index contributed by atoms with van der Waals surface area (Å²) in [6.45, 7) is -0.503. The molecule has 1 unspecified atom stereocenters. The van der Waals surface area contributed by atoms with Crippen LogP contribution in [0, 0.1) is 12.8 Å². The highest BCUT2D eigenvalue weighted by molar-refractivity contribution is 6.31. The Kier molecular flexibility index (Phi) is 6.74. The van der Waals surface area contributed by atoms with Crippen LogP contribution < -0.4 is 14.2 Å². The second-order valence-electron chi connectivity index (χ2n) is 6.91. The highest BCUT2D eigenvalue weighted by Crippen LogP contribution is 2.37. The molecule has 0 saturated heterocycles. The number of benzene rings is 1. The second-order valence-corrected chi connectivity index (χ2v) is 7.32. The van der Waals surface area contributed by atoms with Crippen LogP contribution in [0.2, 0.25) is 5.02 Å². The molecule has 0 radical (unpaired) electrons. The number of hydrogen-bond acceptors (Lipinski definition) is 5. The minimum atomic E-state index is -2.98. The van der Waals surface area contributed by atoms with Gasteiger partial charge in [-0.3, -0.25) is 10.0 Å².